The number of rotatable bonds is 6. The van der Waals surface area contributed by atoms with E-state index in [1.54, 1.807) is 0 Å². The third kappa shape index (κ3) is 3.50. The topological polar surface area (TPSA) is 43.8 Å². The molecule has 0 aromatic carbocycles. The monoisotopic (exact) mass is 195 g/mol. The second-order valence-corrected chi connectivity index (χ2v) is 4.15. The van der Waals surface area contributed by atoms with Crippen LogP contribution in [0.25, 0.3) is 0 Å². The Balaban J connectivity index is 2.37. The van der Waals surface area contributed by atoms with Gasteiger partial charge in [0.2, 0.25) is 0 Å². The summed E-state index contributed by atoms with van der Waals surface area (Å²) in [5, 5.41) is 0. The molecule has 0 spiro atoms. The fourth-order valence-electron chi connectivity index (χ4n) is 1.58. The SMILES string of the molecule is CC(C)CCCn1cncc1CCN. The number of nitrogens with two attached hydrogens (primary N) is 1. The van der Waals surface area contributed by atoms with Crippen molar-refractivity contribution in [2.75, 3.05) is 6.54 Å². The predicted molar refractivity (Wildman–Crippen MR) is 59.1 cm³/mol. The van der Waals surface area contributed by atoms with E-state index < -0.39 is 0 Å². The molecule has 1 aromatic heterocycles. The highest BCUT2D eigenvalue weighted by molar-refractivity contribution is 4.98. The van der Waals surface area contributed by atoms with Gasteiger partial charge >= 0.3 is 0 Å². The van der Waals surface area contributed by atoms with Crippen molar-refractivity contribution in [1.82, 2.24) is 9.55 Å². The average molecular weight is 195 g/mol. The van der Waals surface area contributed by atoms with Crippen molar-refractivity contribution in [2.45, 2.75) is 39.7 Å². The van der Waals surface area contributed by atoms with Gasteiger partial charge in [-0.3, -0.25) is 0 Å². The van der Waals surface area contributed by atoms with Crippen molar-refractivity contribution >= 4 is 0 Å². The van der Waals surface area contributed by atoms with E-state index in [0.29, 0.717) is 6.54 Å². The summed E-state index contributed by atoms with van der Waals surface area (Å²) in [4.78, 5) is 4.15. The number of hydrogen-bond acceptors (Lipinski definition) is 2. The molecular weight excluding hydrogens is 174 g/mol. The first-order valence-corrected chi connectivity index (χ1v) is 5.43. The minimum absolute atomic E-state index is 0.704. The highest BCUT2D eigenvalue weighted by Gasteiger charge is 2.01. The van der Waals surface area contributed by atoms with E-state index in [-0.39, 0.29) is 0 Å². The standard InChI is InChI=1S/C11H21N3/c1-10(2)4-3-7-14-9-13-8-11(14)5-6-12/h8-10H,3-7,12H2,1-2H3. The first kappa shape index (κ1) is 11.2. The number of nitrogens with zero attached hydrogens (tertiary/aromatic N) is 2. The summed E-state index contributed by atoms with van der Waals surface area (Å²) in [5.41, 5.74) is 6.78. The molecule has 2 N–H and O–H groups in total. The Morgan fingerprint density at radius 3 is 2.93 bits per heavy atom. The molecule has 80 valence electrons. The van der Waals surface area contributed by atoms with Crippen molar-refractivity contribution in [1.29, 1.82) is 0 Å². The van der Waals surface area contributed by atoms with Crippen molar-refractivity contribution < 1.29 is 0 Å². The molecule has 3 nitrogen and oxygen atoms in total. The van der Waals surface area contributed by atoms with E-state index in [1.807, 2.05) is 12.5 Å². The fraction of sp³-hybridized carbons (Fsp3) is 0.727. The molecule has 14 heavy (non-hydrogen) atoms. The summed E-state index contributed by atoms with van der Waals surface area (Å²) in [7, 11) is 0. The lowest BCUT2D eigenvalue weighted by atomic mass is 10.1. The molecule has 0 saturated heterocycles. The molecule has 0 amide bonds. The lowest BCUT2D eigenvalue weighted by molar-refractivity contribution is 0.505. The van der Waals surface area contributed by atoms with Gasteiger partial charge in [-0.2, -0.15) is 0 Å². The normalized spacial score (nSPS) is 11.1. The smallest absolute Gasteiger partial charge is 0.0948 e. The van der Waals surface area contributed by atoms with Gasteiger partial charge in [0, 0.05) is 24.9 Å². The van der Waals surface area contributed by atoms with Crippen molar-refractivity contribution in [3.05, 3.63) is 18.2 Å². The van der Waals surface area contributed by atoms with Gasteiger partial charge in [0.15, 0.2) is 0 Å². The van der Waals surface area contributed by atoms with Gasteiger partial charge in [0.1, 0.15) is 0 Å². The zero-order valence-electron chi connectivity index (χ0n) is 9.24. The molecule has 0 aliphatic rings. The van der Waals surface area contributed by atoms with Crippen LogP contribution in [0.15, 0.2) is 12.5 Å². The third-order valence-electron chi connectivity index (χ3n) is 2.38. The molecule has 0 fully saturated rings. The molecule has 0 radical (unpaired) electrons. The van der Waals surface area contributed by atoms with E-state index in [4.69, 9.17) is 5.73 Å². The molecule has 0 aliphatic carbocycles. The Morgan fingerprint density at radius 1 is 1.50 bits per heavy atom. The average Bonchev–Trinajstić information content (AvgIpc) is 2.53. The van der Waals surface area contributed by atoms with Crippen molar-refractivity contribution in [2.24, 2.45) is 11.7 Å². The zero-order chi connectivity index (χ0) is 10.4. The van der Waals surface area contributed by atoms with Crippen LogP contribution in [-0.4, -0.2) is 16.1 Å². The van der Waals surface area contributed by atoms with E-state index in [2.05, 4.69) is 23.4 Å². The second-order valence-electron chi connectivity index (χ2n) is 4.15. The summed E-state index contributed by atoms with van der Waals surface area (Å²) in [6.45, 7) is 6.30. The van der Waals surface area contributed by atoms with Gasteiger partial charge in [0.05, 0.1) is 6.33 Å². The Labute approximate surface area is 86.3 Å². The summed E-state index contributed by atoms with van der Waals surface area (Å²) >= 11 is 0. The van der Waals surface area contributed by atoms with E-state index in [0.717, 1.165) is 18.9 Å². The van der Waals surface area contributed by atoms with E-state index >= 15 is 0 Å². The number of aromatic nitrogens is 2. The number of imidazole rings is 1. The maximum atomic E-state index is 5.52. The minimum atomic E-state index is 0.704. The molecule has 0 saturated carbocycles. The van der Waals surface area contributed by atoms with Crippen molar-refractivity contribution in [3.8, 4) is 0 Å². The summed E-state index contributed by atoms with van der Waals surface area (Å²) < 4.78 is 2.22. The van der Waals surface area contributed by atoms with Crippen LogP contribution < -0.4 is 5.73 Å². The van der Waals surface area contributed by atoms with Crippen LogP contribution in [0, 0.1) is 5.92 Å². The summed E-state index contributed by atoms with van der Waals surface area (Å²) in [6, 6.07) is 0. The van der Waals surface area contributed by atoms with Gasteiger partial charge in [-0.25, -0.2) is 4.98 Å². The molecule has 1 rings (SSSR count). The van der Waals surface area contributed by atoms with E-state index in [1.165, 1.54) is 18.5 Å². The molecular formula is C11H21N3. The summed E-state index contributed by atoms with van der Waals surface area (Å²) in [6.07, 6.45) is 7.26. The first-order valence-electron chi connectivity index (χ1n) is 5.43. The van der Waals surface area contributed by atoms with Gasteiger partial charge in [-0.05, 0) is 25.3 Å². The second kappa shape index (κ2) is 5.81. The predicted octanol–water partition coefficient (Wildman–Crippen LogP) is 1.82. The van der Waals surface area contributed by atoms with Crippen molar-refractivity contribution in [3.63, 3.8) is 0 Å². The maximum absolute atomic E-state index is 5.52. The fourth-order valence-corrected chi connectivity index (χ4v) is 1.58. The van der Waals surface area contributed by atoms with Gasteiger partial charge in [0.25, 0.3) is 0 Å². The molecule has 1 heterocycles. The Hall–Kier alpha value is -0.830. The minimum Gasteiger partial charge on any atom is -0.335 e. The number of hydrogen-bond donors (Lipinski definition) is 1. The molecule has 0 atom stereocenters. The van der Waals surface area contributed by atoms with Gasteiger partial charge < -0.3 is 10.3 Å². The molecule has 1 aromatic rings. The van der Waals surface area contributed by atoms with Crippen LogP contribution in [0.3, 0.4) is 0 Å². The highest BCUT2D eigenvalue weighted by atomic mass is 15.0. The van der Waals surface area contributed by atoms with E-state index in [9.17, 15) is 0 Å². The lowest BCUT2D eigenvalue weighted by Gasteiger charge is -2.08. The van der Waals surface area contributed by atoms with Gasteiger partial charge in [-0.15, -0.1) is 0 Å². The Morgan fingerprint density at radius 2 is 2.29 bits per heavy atom. The third-order valence-corrected chi connectivity index (χ3v) is 2.38. The summed E-state index contributed by atoms with van der Waals surface area (Å²) in [5.74, 6) is 0.788. The quantitative estimate of drug-likeness (QED) is 0.752. The highest BCUT2D eigenvalue weighted by Crippen LogP contribution is 2.07. The molecule has 0 bridgehead atoms. The van der Waals surface area contributed by atoms with Crippen LogP contribution in [0.5, 0.6) is 0 Å². The van der Waals surface area contributed by atoms with Gasteiger partial charge in [-0.1, -0.05) is 13.8 Å². The number of aryl methyl sites for hydroxylation is 1. The zero-order valence-corrected chi connectivity index (χ0v) is 9.24. The largest absolute Gasteiger partial charge is 0.335 e. The molecule has 0 unspecified atom stereocenters. The molecule has 3 heteroatoms. The van der Waals surface area contributed by atoms with Crippen LogP contribution in [0.1, 0.15) is 32.4 Å². The Kier molecular flexibility index (Phi) is 4.66. The molecule has 0 aliphatic heterocycles. The maximum Gasteiger partial charge on any atom is 0.0948 e. The van der Waals surface area contributed by atoms with Crippen LogP contribution >= 0.6 is 0 Å². The lowest BCUT2D eigenvalue weighted by Crippen LogP contribution is -2.09. The Bertz CT molecular complexity index is 253. The first-order chi connectivity index (χ1) is 6.74. The van der Waals surface area contributed by atoms with Crippen LogP contribution in [0.4, 0.5) is 0 Å². The van der Waals surface area contributed by atoms with Crippen LogP contribution in [-0.2, 0) is 13.0 Å². The van der Waals surface area contributed by atoms with Crippen LogP contribution in [0.2, 0.25) is 0 Å².